The third kappa shape index (κ3) is 2.92. The molecule has 15 heavy (non-hydrogen) atoms. The minimum atomic E-state index is 0.147. The lowest BCUT2D eigenvalue weighted by atomic mass is 10.2. The maximum absolute atomic E-state index is 11.0. The van der Waals surface area contributed by atoms with E-state index in [0.29, 0.717) is 6.42 Å². The molecule has 2 heterocycles. The molecule has 0 saturated carbocycles. The highest BCUT2D eigenvalue weighted by molar-refractivity contribution is 9.10. The first kappa shape index (κ1) is 10.4. The molecule has 5 heteroatoms. The van der Waals surface area contributed by atoms with E-state index in [-0.39, 0.29) is 11.9 Å². The van der Waals surface area contributed by atoms with Crippen LogP contribution in [-0.2, 0) is 4.79 Å². The highest BCUT2D eigenvalue weighted by Crippen LogP contribution is 2.14. The second-order valence-electron chi connectivity index (χ2n) is 3.58. The van der Waals surface area contributed by atoms with Gasteiger partial charge in [-0.25, -0.2) is 0 Å². The summed E-state index contributed by atoms with van der Waals surface area (Å²) in [7, 11) is 0. The van der Waals surface area contributed by atoms with Crippen molar-refractivity contribution >= 4 is 27.5 Å². The van der Waals surface area contributed by atoms with Crippen molar-refractivity contribution in [1.82, 2.24) is 10.3 Å². The van der Waals surface area contributed by atoms with Crippen LogP contribution in [0.15, 0.2) is 22.9 Å². The van der Waals surface area contributed by atoms with Crippen LogP contribution in [0.1, 0.15) is 12.8 Å². The lowest BCUT2D eigenvalue weighted by Gasteiger charge is -2.11. The van der Waals surface area contributed by atoms with Crippen molar-refractivity contribution in [3.63, 3.8) is 0 Å². The quantitative estimate of drug-likeness (QED) is 0.875. The summed E-state index contributed by atoms with van der Waals surface area (Å²) in [6, 6.07) is 2.21. The van der Waals surface area contributed by atoms with E-state index in [0.717, 1.165) is 23.1 Å². The third-order valence-corrected chi connectivity index (χ3v) is 2.78. The highest BCUT2D eigenvalue weighted by atomic mass is 79.9. The van der Waals surface area contributed by atoms with Crippen molar-refractivity contribution in [2.75, 3.05) is 11.9 Å². The molecule has 0 aliphatic carbocycles. The first-order valence-electron chi connectivity index (χ1n) is 4.88. The Balaban J connectivity index is 1.85. The van der Waals surface area contributed by atoms with Crippen molar-refractivity contribution in [1.29, 1.82) is 0 Å². The molecule has 2 N–H and O–H groups in total. The van der Waals surface area contributed by atoms with Gasteiger partial charge < -0.3 is 10.6 Å². The number of hydrogen-bond acceptors (Lipinski definition) is 3. The first-order valence-corrected chi connectivity index (χ1v) is 5.67. The van der Waals surface area contributed by atoms with Gasteiger partial charge >= 0.3 is 0 Å². The van der Waals surface area contributed by atoms with E-state index in [1.165, 1.54) is 0 Å². The Kier molecular flexibility index (Phi) is 3.20. The summed E-state index contributed by atoms with van der Waals surface area (Å²) in [6.07, 6.45) is 5.06. The lowest BCUT2D eigenvalue weighted by molar-refractivity contribution is -0.119. The number of nitrogens with one attached hydrogen (secondary N) is 2. The topological polar surface area (TPSA) is 54.0 Å². The van der Waals surface area contributed by atoms with E-state index in [4.69, 9.17) is 0 Å². The van der Waals surface area contributed by atoms with Crippen LogP contribution in [0.3, 0.4) is 0 Å². The van der Waals surface area contributed by atoms with Gasteiger partial charge in [0, 0.05) is 29.7 Å². The van der Waals surface area contributed by atoms with Gasteiger partial charge in [-0.15, -0.1) is 0 Å². The molecule has 0 radical (unpaired) electrons. The number of carbonyl (C=O) groups excluding carboxylic acids is 1. The average molecular weight is 270 g/mol. The predicted octanol–water partition coefficient (Wildman–Crippen LogP) is 1.53. The monoisotopic (exact) mass is 269 g/mol. The second-order valence-corrected chi connectivity index (χ2v) is 4.49. The summed E-state index contributed by atoms with van der Waals surface area (Å²) < 4.78 is 0.947. The molecule has 1 aliphatic rings. The van der Waals surface area contributed by atoms with Crippen LogP contribution < -0.4 is 10.6 Å². The zero-order chi connectivity index (χ0) is 10.7. The Morgan fingerprint density at radius 3 is 3.13 bits per heavy atom. The molecule has 1 unspecified atom stereocenters. The molecule has 4 nitrogen and oxygen atoms in total. The molecule has 1 atom stereocenters. The van der Waals surface area contributed by atoms with Gasteiger partial charge in [-0.3, -0.25) is 9.78 Å². The van der Waals surface area contributed by atoms with Crippen LogP contribution in [0, 0.1) is 0 Å². The van der Waals surface area contributed by atoms with E-state index in [1.54, 1.807) is 12.4 Å². The molecule has 1 amide bonds. The summed E-state index contributed by atoms with van der Waals surface area (Å²) in [6.45, 7) is 0.754. The lowest BCUT2D eigenvalue weighted by Crippen LogP contribution is -2.31. The number of hydrogen-bond donors (Lipinski definition) is 2. The maximum Gasteiger partial charge on any atom is 0.220 e. The Hall–Kier alpha value is -1.10. The van der Waals surface area contributed by atoms with Crippen molar-refractivity contribution in [2.45, 2.75) is 18.9 Å². The average Bonchev–Trinajstić information content (AvgIpc) is 2.62. The Labute approximate surface area is 96.6 Å². The van der Waals surface area contributed by atoms with Crippen LogP contribution in [0.5, 0.6) is 0 Å². The molecular formula is C10H12BrN3O. The van der Waals surface area contributed by atoms with Gasteiger partial charge in [0.05, 0.1) is 11.9 Å². The van der Waals surface area contributed by atoms with Gasteiger partial charge in [0.15, 0.2) is 0 Å². The number of aromatic nitrogens is 1. The molecule has 0 aromatic carbocycles. The number of nitrogens with zero attached hydrogens (tertiary/aromatic N) is 1. The molecule has 0 bridgehead atoms. The van der Waals surface area contributed by atoms with Gasteiger partial charge in [0.2, 0.25) is 5.91 Å². The minimum absolute atomic E-state index is 0.147. The summed E-state index contributed by atoms with van der Waals surface area (Å²) in [5.41, 5.74) is 0.963. The zero-order valence-corrected chi connectivity index (χ0v) is 9.75. The standard InChI is InChI=1S/C10H12BrN3O/c11-7-3-9(5-12-4-7)13-6-8-1-2-10(15)14-8/h3-5,8,13H,1-2,6H2,(H,14,15). The minimum Gasteiger partial charge on any atom is -0.382 e. The Morgan fingerprint density at radius 2 is 2.47 bits per heavy atom. The molecule has 1 fully saturated rings. The molecule has 1 saturated heterocycles. The van der Waals surface area contributed by atoms with Gasteiger partial charge in [-0.1, -0.05) is 0 Å². The van der Waals surface area contributed by atoms with E-state index >= 15 is 0 Å². The number of amides is 1. The molecule has 1 aromatic heterocycles. The molecule has 1 aliphatic heterocycles. The molecular weight excluding hydrogens is 258 g/mol. The molecule has 1 aromatic rings. The number of halogens is 1. The number of rotatable bonds is 3. The first-order chi connectivity index (χ1) is 7.24. The van der Waals surface area contributed by atoms with Crippen molar-refractivity contribution < 1.29 is 4.79 Å². The normalized spacial score (nSPS) is 20.1. The fourth-order valence-corrected chi connectivity index (χ4v) is 1.94. The van der Waals surface area contributed by atoms with Gasteiger partial charge in [-0.05, 0) is 28.4 Å². The van der Waals surface area contributed by atoms with Gasteiger partial charge in [0.25, 0.3) is 0 Å². The van der Waals surface area contributed by atoms with Crippen LogP contribution in [-0.4, -0.2) is 23.5 Å². The smallest absolute Gasteiger partial charge is 0.220 e. The summed E-state index contributed by atoms with van der Waals surface area (Å²) in [5, 5.41) is 6.15. The zero-order valence-electron chi connectivity index (χ0n) is 8.16. The van der Waals surface area contributed by atoms with Crippen LogP contribution >= 0.6 is 15.9 Å². The summed E-state index contributed by atoms with van der Waals surface area (Å²) >= 11 is 3.35. The van der Waals surface area contributed by atoms with E-state index in [9.17, 15) is 4.79 Å². The Morgan fingerprint density at radius 1 is 1.60 bits per heavy atom. The highest BCUT2D eigenvalue weighted by Gasteiger charge is 2.19. The van der Waals surface area contributed by atoms with Crippen LogP contribution in [0.25, 0.3) is 0 Å². The van der Waals surface area contributed by atoms with Crippen molar-refractivity contribution in [3.8, 4) is 0 Å². The fourth-order valence-electron chi connectivity index (χ4n) is 1.58. The van der Waals surface area contributed by atoms with Crippen molar-refractivity contribution in [3.05, 3.63) is 22.9 Å². The Bertz CT molecular complexity index is 369. The van der Waals surface area contributed by atoms with E-state index in [1.807, 2.05) is 6.07 Å². The predicted molar refractivity (Wildman–Crippen MR) is 61.6 cm³/mol. The van der Waals surface area contributed by atoms with Crippen LogP contribution in [0.4, 0.5) is 5.69 Å². The number of carbonyl (C=O) groups is 1. The third-order valence-electron chi connectivity index (χ3n) is 2.34. The fraction of sp³-hybridized carbons (Fsp3) is 0.400. The molecule has 2 rings (SSSR count). The maximum atomic E-state index is 11.0. The SMILES string of the molecule is O=C1CCC(CNc2cncc(Br)c2)N1. The summed E-state index contributed by atoms with van der Waals surface area (Å²) in [4.78, 5) is 15.0. The number of anilines is 1. The summed E-state index contributed by atoms with van der Waals surface area (Å²) in [5.74, 6) is 0.147. The van der Waals surface area contributed by atoms with Crippen molar-refractivity contribution in [2.24, 2.45) is 0 Å². The van der Waals surface area contributed by atoms with E-state index < -0.39 is 0 Å². The van der Waals surface area contributed by atoms with Gasteiger partial charge in [0.1, 0.15) is 0 Å². The molecule has 80 valence electrons. The molecule has 0 spiro atoms. The largest absolute Gasteiger partial charge is 0.382 e. The van der Waals surface area contributed by atoms with Gasteiger partial charge in [-0.2, -0.15) is 0 Å². The number of pyridine rings is 1. The van der Waals surface area contributed by atoms with Crippen LogP contribution in [0.2, 0.25) is 0 Å². The second kappa shape index (κ2) is 4.61. The van der Waals surface area contributed by atoms with E-state index in [2.05, 4.69) is 31.5 Å².